The molecule has 1 aliphatic rings. The monoisotopic (exact) mass is 401 g/mol. The third kappa shape index (κ3) is 12.3. The maximum absolute atomic E-state index is 12.2. The minimum Gasteiger partial charge on any atom is -0.379 e. The van der Waals surface area contributed by atoms with Crippen LogP contribution in [0, 0.1) is 5.92 Å². The Labute approximate surface area is 169 Å². The molecule has 0 aliphatic carbocycles. The summed E-state index contributed by atoms with van der Waals surface area (Å²) in [7, 11) is 0. The molecule has 1 aliphatic heterocycles. The third-order valence-electron chi connectivity index (χ3n) is 4.64. The Morgan fingerprint density at radius 3 is 2.18 bits per heavy atom. The highest BCUT2D eigenvalue weighted by Crippen LogP contribution is 2.16. The lowest BCUT2D eigenvalue weighted by Crippen LogP contribution is -2.44. The van der Waals surface area contributed by atoms with Crippen molar-refractivity contribution in [3.8, 4) is 0 Å². The molecule has 0 aromatic rings. The van der Waals surface area contributed by atoms with Crippen molar-refractivity contribution in [2.24, 2.45) is 5.92 Å². The topological polar surface area (TPSA) is 89.1 Å². The first-order valence-electron chi connectivity index (χ1n) is 10.6. The molecule has 2 amide bonds. The lowest BCUT2D eigenvalue weighted by Gasteiger charge is -2.31. The minimum absolute atomic E-state index is 0.0414. The van der Waals surface area contributed by atoms with E-state index in [9.17, 15) is 9.59 Å². The van der Waals surface area contributed by atoms with E-state index in [1.54, 1.807) is 11.8 Å². The van der Waals surface area contributed by atoms with Crippen LogP contribution in [0.4, 0.5) is 0 Å². The summed E-state index contributed by atoms with van der Waals surface area (Å²) < 4.78 is 16.4. The van der Waals surface area contributed by atoms with Gasteiger partial charge in [-0.2, -0.15) is 0 Å². The highest BCUT2D eigenvalue weighted by molar-refractivity contribution is 5.80. The van der Waals surface area contributed by atoms with Gasteiger partial charge in [0.25, 0.3) is 0 Å². The molecular weight excluding hydrogens is 362 g/mol. The van der Waals surface area contributed by atoms with E-state index in [4.69, 9.17) is 14.2 Å². The highest BCUT2D eigenvalue weighted by Gasteiger charge is 2.26. The molecule has 164 valence electrons. The van der Waals surface area contributed by atoms with E-state index in [0.29, 0.717) is 46.1 Å². The summed E-state index contributed by atoms with van der Waals surface area (Å²) in [4.78, 5) is 25.4. The Morgan fingerprint density at radius 2 is 1.57 bits per heavy atom. The van der Waals surface area contributed by atoms with Crippen LogP contribution in [0.25, 0.3) is 0 Å². The second-order valence-corrected chi connectivity index (χ2v) is 6.99. The zero-order valence-electron chi connectivity index (χ0n) is 17.7. The Hall–Kier alpha value is -1.22. The first kappa shape index (κ1) is 24.8. The average Bonchev–Trinajstić information content (AvgIpc) is 2.70. The fourth-order valence-electron chi connectivity index (χ4n) is 3.03. The predicted octanol–water partition coefficient (Wildman–Crippen LogP) is 0.801. The van der Waals surface area contributed by atoms with Gasteiger partial charge in [0.2, 0.25) is 11.8 Å². The summed E-state index contributed by atoms with van der Waals surface area (Å²) in [5.74, 6) is 0.000749. The number of piperidine rings is 1. The molecule has 0 saturated carbocycles. The van der Waals surface area contributed by atoms with E-state index >= 15 is 0 Å². The highest BCUT2D eigenvalue weighted by atomic mass is 16.5. The smallest absolute Gasteiger partial charge is 0.224 e. The molecular formula is C20H39N3O5. The van der Waals surface area contributed by atoms with Crippen molar-refractivity contribution in [2.75, 3.05) is 72.4 Å². The van der Waals surface area contributed by atoms with Gasteiger partial charge in [-0.25, -0.2) is 0 Å². The van der Waals surface area contributed by atoms with E-state index in [0.717, 1.165) is 51.9 Å². The van der Waals surface area contributed by atoms with Gasteiger partial charge in [-0.05, 0) is 38.8 Å². The molecule has 0 aromatic heterocycles. The van der Waals surface area contributed by atoms with Crippen molar-refractivity contribution in [3.63, 3.8) is 0 Å². The van der Waals surface area contributed by atoms with Crippen LogP contribution in [0.2, 0.25) is 0 Å². The molecule has 8 heteroatoms. The summed E-state index contributed by atoms with van der Waals surface area (Å²) in [5, 5.41) is 6.20. The van der Waals surface area contributed by atoms with Crippen LogP contribution in [-0.2, 0) is 23.8 Å². The lowest BCUT2D eigenvalue weighted by atomic mass is 9.97. The fourth-order valence-corrected chi connectivity index (χ4v) is 3.03. The van der Waals surface area contributed by atoms with Crippen molar-refractivity contribution >= 4 is 11.8 Å². The molecule has 0 aromatic carbocycles. The molecule has 1 saturated heterocycles. The summed E-state index contributed by atoms with van der Waals surface area (Å²) in [6.45, 7) is 11.2. The summed E-state index contributed by atoms with van der Waals surface area (Å²) in [5.41, 5.74) is 0. The Bertz CT molecular complexity index is 423. The maximum atomic E-state index is 12.2. The van der Waals surface area contributed by atoms with E-state index in [-0.39, 0.29) is 17.7 Å². The summed E-state index contributed by atoms with van der Waals surface area (Å²) in [6, 6.07) is 0. The van der Waals surface area contributed by atoms with Crippen LogP contribution >= 0.6 is 0 Å². The van der Waals surface area contributed by atoms with Gasteiger partial charge in [0.05, 0.1) is 32.3 Å². The van der Waals surface area contributed by atoms with Crippen LogP contribution < -0.4 is 10.6 Å². The van der Waals surface area contributed by atoms with Crippen LogP contribution in [0.5, 0.6) is 0 Å². The van der Waals surface area contributed by atoms with Crippen LogP contribution in [0.1, 0.15) is 39.5 Å². The molecule has 0 bridgehead atoms. The molecule has 28 heavy (non-hydrogen) atoms. The Balaban J connectivity index is 1.85. The van der Waals surface area contributed by atoms with Crippen LogP contribution in [-0.4, -0.2) is 89.1 Å². The van der Waals surface area contributed by atoms with E-state index < -0.39 is 0 Å². The third-order valence-corrected chi connectivity index (χ3v) is 4.64. The number of amides is 2. The number of likely N-dealkylation sites (tertiary alicyclic amines) is 1. The van der Waals surface area contributed by atoms with Crippen LogP contribution in [0.15, 0.2) is 0 Å². The van der Waals surface area contributed by atoms with Gasteiger partial charge in [0.15, 0.2) is 0 Å². The molecule has 0 radical (unpaired) electrons. The van der Waals surface area contributed by atoms with E-state index in [1.165, 1.54) is 0 Å². The molecule has 1 fully saturated rings. The number of hydrogen-bond donors (Lipinski definition) is 2. The average molecular weight is 402 g/mol. The van der Waals surface area contributed by atoms with Gasteiger partial charge in [0.1, 0.15) is 0 Å². The molecule has 0 spiro atoms. The normalized spacial score (nSPS) is 16.9. The lowest BCUT2D eigenvalue weighted by molar-refractivity contribution is -0.133. The summed E-state index contributed by atoms with van der Waals surface area (Å²) >= 11 is 0. The number of hydrogen-bond acceptors (Lipinski definition) is 6. The van der Waals surface area contributed by atoms with Gasteiger partial charge in [-0.3, -0.25) is 9.59 Å². The first-order chi connectivity index (χ1) is 13.6. The number of carbonyl (C=O) groups is 2. The van der Waals surface area contributed by atoms with E-state index in [1.807, 2.05) is 0 Å². The molecule has 2 N–H and O–H groups in total. The van der Waals surface area contributed by atoms with Crippen molar-refractivity contribution in [3.05, 3.63) is 0 Å². The predicted molar refractivity (Wildman–Crippen MR) is 108 cm³/mol. The second-order valence-electron chi connectivity index (χ2n) is 6.99. The standard InChI is InChI=1S/C20H39N3O5/c1-3-21-8-5-11-26-13-15-28-16-14-27-12-6-9-22-20(25)19-7-4-10-23(17-19)18(2)24/h19,21H,3-17H2,1-2H3,(H,22,25). The quantitative estimate of drug-likeness (QED) is 0.372. The number of rotatable bonds is 16. The van der Waals surface area contributed by atoms with Gasteiger partial charge in [-0.15, -0.1) is 0 Å². The number of nitrogens with zero attached hydrogens (tertiary/aromatic N) is 1. The number of nitrogens with one attached hydrogen (secondary N) is 2. The van der Waals surface area contributed by atoms with Crippen molar-refractivity contribution < 1.29 is 23.8 Å². The SMILES string of the molecule is CCNCCCOCCOCCOCCCNC(=O)C1CCCN(C(C)=O)C1. The summed E-state index contributed by atoms with van der Waals surface area (Å²) in [6.07, 6.45) is 3.53. The number of ether oxygens (including phenoxy) is 3. The zero-order valence-corrected chi connectivity index (χ0v) is 17.7. The fraction of sp³-hybridized carbons (Fsp3) is 0.900. The minimum atomic E-state index is -0.0860. The van der Waals surface area contributed by atoms with Gasteiger partial charge >= 0.3 is 0 Å². The molecule has 8 nitrogen and oxygen atoms in total. The van der Waals surface area contributed by atoms with E-state index in [2.05, 4.69) is 17.6 Å². The molecule has 1 heterocycles. The maximum Gasteiger partial charge on any atom is 0.224 e. The molecule has 1 unspecified atom stereocenters. The molecule has 1 atom stereocenters. The Morgan fingerprint density at radius 1 is 0.964 bits per heavy atom. The molecule has 1 rings (SSSR count). The van der Waals surface area contributed by atoms with Crippen molar-refractivity contribution in [2.45, 2.75) is 39.5 Å². The Kier molecular flexibility index (Phi) is 14.8. The van der Waals surface area contributed by atoms with Gasteiger partial charge in [0, 0.05) is 39.8 Å². The van der Waals surface area contributed by atoms with Crippen molar-refractivity contribution in [1.82, 2.24) is 15.5 Å². The largest absolute Gasteiger partial charge is 0.379 e. The number of carbonyl (C=O) groups excluding carboxylic acids is 2. The second kappa shape index (κ2) is 16.7. The first-order valence-corrected chi connectivity index (χ1v) is 10.6. The van der Waals surface area contributed by atoms with Gasteiger partial charge < -0.3 is 29.7 Å². The van der Waals surface area contributed by atoms with Gasteiger partial charge in [-0.1, -0.05) is 6.92 Å². The van der Waals surface area contributed by atoms with Crippen molar-refractivity contribution in [1.29, 1.82) is 0 Å². The zero-order chi connectivity index (χ0) is 20.5. The van der Waals surface area contributed by atoms with Crippen LogP contribution in [0.3, 0.4) is 0 Å².